The summed E-state index contributed by atoms with van der Waals surface area (Å²) in [5, 5.41) is 18.6. The van der Waals surface area contributed by atoms with E-state index < -0.39 is 0 Å². The molecular weight excluding hydrogens is 206 g/mol. The number of rotatable bonds is 2. The Morgan fingerprint density at radius 2 is 2.06 bits per heavy atom. The van der Waals surface area contributed by atoms with E-state index in [1.807, 2.05) is 0 Å². The minimum atomic E-state index is -0.328. The Labute approximate surface area is 94.8 Å². The molecule has 0 saturated carbocycles. The number of carbonyl (C=O) groups is 1. The molecule has 2 aromatic rings. The van der Waals surface area contributed by atoms with Crippen LogP contribution < -0.4 is 0 Å². The molecule has 0 atom stereocenters. The summed E-state index contributed by atoms with van der Waals surface area (Å²) in [6.45, 7) is 0. The van der Waals surface area contributed by atoms with Gasteiger partial charge in [-0.2, -0.15) is 0 Å². The van der Waals surface area contributed by atoms with E-state index in [1.165, 1.54) is 18.3 Å². The van der Waals surface area contributed by atoms with Crippen molar-refractivity contribution in [2.24, 2.45) is 0 Å². The predicted octanol–water partition coefficient (Wildman–Crippen LogP) is 2.22. The highest BCUT2D eigenvalue weighted by molar-refractivity contribution is 6.10. The molecule has 0 aliphatic rings. The molecule has 16 heavy (non-hydrogen) atoms. The molecule has 0 spiro atoms. The average Bonchev–Trinajstić information content (AvgIpc) is 2.29. The molecule has 84 valence electrons. The fourth-order valence-corrected chi connectivity index (χ4v) is 1.36. The van der Waals surface area contributed by atoms with Crippen molar-refractivity contribution in [3.05, 3.63) is 53.9 Å². The third kappa shape index (κ3) is 1.86. The Morgan fingerprint density at radius 1 is 1.25 bits per heavy atom. The monoisotopic (exact) mass is 219 g/mol. The average molecular weight is 219 g/mol. The topological polar surface area (TPSA) is 70.4 Å². The maximum absolute atomic E-state index is 11.9. The van der Waals surface area contributed by atoms with Gasteiger partial charge in [0.1, 0.15) is 11.5 Å². The Kier molecular flexibility index (Phi) is 2.55. The molecule has 0 radical (unpaired) electrons. The van der Waals surface area contributed by atoms with Gasteiger partial charge in [-0.25, -0.2) is 0 Å². The second kappa shape index (κ2) is 4.02. The van der Waals surface area contributed by atoms with E-state index in [0.717, 1.165) is 6.07 Å². The molecule has 0 aliphatic carbocycles. The third-order valence-electron chi connectivity index (χ3n) is 2.15. The lowest BCUT2D eigenvalue weighted by Gasteiger charge is -2.03. The van der Waals surface area contributed by atoms with Crippen LogP contribution in [-0.4, -0.2) is 21.0 Å². The lowest BCUT2D eigenvalue weighted by Crippen LogP contribution is -2.01. The van der Waals surface area contributed by atoms with E-state index in [1.54, 1.807) is 18.3 Å². The van der Waals surface area contributed by atoms with Gasteiger partial charge in [-0.15, -0.1) is 0 Å². The minimum absolute atomic E-state index is 0. The number of hydrogen-bond donors (Lipinski definition) is 2. The first-order chi connectivity index (χ1) is 7.68. The molecule has 0 bridgehead atoms. The number of ketones is 1. The summed E-state index contributed by atoms with van der Waals surface area (Å²) in [6.07, 6.45) is 2.99. The fraction of sp³-hybridized carbons (Fsp3) is 0. The van der Waals surface area contributed by atoms with Gasteiger partial charge in [0.15, 0.2) is 5.78 Å². The van der Waals surface area contributed by atoms with Crippen LogP contribution in [0, 0.1) is 0 Å². The Hall–Kier alpha value is -2.36. The van der Waals surface area contributed by atoms with Crippen molar-refractivity contribution >= 4 is 5.78 Å². The Balaban J connectivity index is 0.00000144. The summed E-state index contributed by atoms with van der Waals surface area (Å²) in [6, 6.07) is 7.11. The molecule has 1 heterocycles. The highest BCUT2D eigenvalue weighted by Gasteiger charge is 2.13. The van der Waals surface area contributed by atoms with Crippen molar-refractivity contribution in [1.82, 2.24) is 4.98 Å². The molecule has 0 aliphatic heterocycles. The van der Waals surface area contributed by atoms with Crippen molar-refractivity contribution < 1.29 is 17.9 Å². The Morgan fingerprint density at radius 3 is 2.69 bits per heavy atom. The van der Waals surface area contributed by atoms with Crippen molar-refractivity contribution in [3.63, 3.8) is 0 Å². The van der Waals surface area contributed by atoms with Crippen LogP contribution in [0.2, 0.25) is 0 Å². The number of hydrogen-bond acceptors (Lipinski definition) is 4. The normalized spacial score (nSPS) is 10.0. The van der Waals surface area contributed by atoms with Crippen LogP contribution >= 0.6 is 0 Å². The largest absolute Gasteiger partial charge is 0.508 e. The van der Waals surface area contributed by atoms with E-state index in [4.69, 9.17) is 5.11 Å². The summed E-state index contributed by atoms with van der Waals surface area (Å²) in [5.41, 5.74) is 0.536. The maximum atomic E-state index is 11.9. The van der Waals surface area contributed by atoms with Gasteiger partial charge in [0.25, 0.3) is 0 Å². The van der Waals surface area contributed by atoms with Gasteiger partial charge in [0.05, 0.1) is 5.56 Å². The highest BCUT2D eigenvalue weighted by Crippen LogP contribution is 2.24. The lowest BCUT2D eigenvalue weighted by molar-refractivity contribution is 0.103. The summed E-state index contributed by atoms with van der Waals surface area (Å²) < 4.78 is 0. The van der Waals surface area contributed by atoms with Crippen LogP contribution in [0.25, 0.3) is 0 Å². The number of carbonyl (C=O) groups excluding carboxylic acids is 1. The first-order valence-corrected chi connectivity index (χ1v) is 4.65. The van der Waals surface area contributed by atoms with Crippen LogP contribution in [0.5, 0.6) is 11.5 Å². The number of nitrogens with zero attached hydrogens (tertiary/aromatic N) is 1. The van der Waals surface area contributed by atoms with Gasteiger partial charge in [0, 0.05) is 26.9 Å². The Bertz CT molecular complexity index is 532. The molecule has 2 N–H and O–H groups in total. The number of benzene rings is 1. The number of phenols is 2. The minimum Gasteiger partial charge on any atom is -0.508 e. The first kappa shape index (κ1) is 10.2. The molecule has 0 fully saturated rings. The van der Waals surface area contributed by atoms with E-state index >= 15 is 0 Å². The smallest absolute Gasteiger partial charge is 0.198 e. The van der Waals surface area contributed by atoms with Crippen LogP contribution in [0.15, 0.2) is 42.7 Å². The number of aromatic hydroxyl groups is 2. The van der Waals surface area contributed by atoms with Crippen molar-refractivity contribution in [1.29, 1.82) is 0 Å². The molecule has 4 heteroatoms. The summed E-state index contributed by atoms with van der Waals surface area (Å²) in [4.78, 5) is 15.7. The van der Waals surface area contributed by atoms with Crippen LogP contribution in [0.3, 0.4) is 0 Å². The molecule has 0 amide bonds. The van der Waals surface area contributed by atoms with Gasteiger partial charge in [-0.05, 0) is 24.3 Å². The quantitative estimate of drug-likeness (QED) is 0.760. The fourth-order valence-electron chi connectivity index (χ4n) is 1.36. The van der Waals surface area contributed by atoms with Gasteiger partial charge in [-0.1, -0.05) is 0 Å². The van der Waals surface area contributed by atoms with Crippen LogP contribution in [0.4, 0.5) is 0 Å². The first-order valence-electron chi connectivity index (χ1n) is 4.65. The number of phenolic OH excluding ortho intramolecular Hbond substituents is 2. The molecule has 0 saturated heterocycles. The van der Waals surface area contributed by atoms with Crippen LogP contribution in [-0.2, 0) is 0 Å². The van der Waals surface area contributed by atoms with Gasteiger partial charge >= 0.3 is 0 Å². The number of aromatic nitrogens is 1. The summed E-state index contributed by atoms with van der Waals surface area (Å²) in [7, 11) is 0. The molecule has 4 nitrogen and oxygen atoms in total. The molecule has 2 rings (SSSR count). The molecule has 1 aromatic carbocycles. The summed E-state index contributed by atoms with van der Waals surface area (Å²) >= 11 is 0. The molecular formula is C12H13NO3. The van der Waals surface area contributed by atoms with E-state index in [9.17, 15) is 9.90 Å². The standard InChI is InChI=1S/C12H9NO3.2H2/c14-9-3-4-10(11(15)6-9)12(16)8-2-1-5-13-7-8;;/h1-7,14-15H;2*1H. The third-order valence-corrected chi connectivity index (χ3v) is 2.15. The SMILES string of the molecule is O=C(c1cccnc1)c1ccc(O)cc1O.[HH].[HH]. The van der Waals surface area contributed by atoms with E-state index in [0.29, 0.717) is 5.56 Å². The zero-order chi connectivity index (χ0) is 11.5. The zero-order valence-corrected chi connectivity index (χ0v) is 8.29. The summed E-state index contributed by atoms with van der Waals surface area (Å²) in [5.74, 6) is -0.653. The van der Waals surface area contributed by atoms with E-state index in [2.05, 4.69) is 4.98 Å². The molecule has 0 unspecified atom stereocenters. The van der Waals surface area contributed by atoms with Crippen molar-refractivity contribution in [3.8, 4) is 11.5 Å². The van der Waals surface area contributed by atoms with Crippen molar-refractivity contribution in [2.45, 2.75) is 0 Å². The second-order valence-electron chi connectivity index (χ2n) is 3.27. The van der Waals surface area contributed by atoms with Gasteiger partial charge in [-0.3, -0.25) is 9.78 Å². The van der Waals surface area contributed by atoms with Crippen molar-refractivity contribution in [2.75, 3.05) is 0 Å². The highest BCUT2D eigenvalue weighted by atomic mass is 16.3. The second-order valence-corrected chi connectivity index (χ2v) is 3.27. The predicted molar refractivity (Wildman–Crippen MR) is 61.7 cm³/mol. The lowest BCUT2D eigenvalue weighted by atomic mass is 10.0. The van der Waals surface area contributed by atoms with E-state index in [-0.39, 0.29) is 25.7 Å². The number of pyridine rings is 1. The zero-order valence-electron chi connectivity index (χ0n) is 8.29. The van der Waals surface area contributed by atoms with Gasteiger partial charge in [0.2, 0.25) is 0 Å². The van der Waals surface area contributed by atoms with Crippen LogP contribution in [0.1, 0.15) is 18.8 Å². The molecule has 1 aromatic heterocycles. The van der Waals surface area contributed by atoms with Gasteiger partial charge < -0.3 is 10.2 Å². The maximum Gasteiger partial charge on any atom is 0.198 e.